The Labute approximate surface area is 224 Å². The Bertz CT molecular complexity index is 1740. The summed E-state index contributed by atoms with van der Waals surface area (Å²) in [6.45, 7) is 7.67. The molecule has 0 aliphatic carbocycles. The lowest BCUT2D eigenvalue weighted by molar-refractivity contribution is -0.707. The topological polar surface area (TPSA) is 21.9 Å². The lowest BCUT2D eigenvalue weighted by Crippen LogP contribution is -2.51. The van der Waals surface area contributed by atoms with Crippen LogP contribution in [0.25, 0.3) is 33.7 Å². The maximum atomic E-state index is 6.01. The minimum atomic E-state index is 0.153. The number of pyridine rings is 1. The van der Waals surface area contributed by atoms with Crippen molar-refractivity contribution in [3.63, 3.8) is 0 Å². The zero-order valence-electron chi connectivity index (χ0n) is 22.3. The molecule has 0 fully saturated rings. The summed E-state index contributed by atoms with van der Waals surface area (Å²) < 4.78 is 13.3. The number of fused-ring (bicyclic) bond motifs is 11. The van der Waals surface area contributed by atoms with Crippen molar-refractivity contribution < 1.29 is 13.9 Å². The Kier molecular flexibility index (Phi) is 5.26. The quantitative estimate of drug-likeness (QED) is 0.198. The van der Waals surface area contributed by atoms with Crippen LogP contribution in [0.1, 0.15) is 35.1 Å². The van der Waals surface area contributed by atoms with E-state index in [1.807, 2.05) is 0 Å². The van der Waals surface area contributed by atoms with Gasteiger partial charge < -0.3 is 4.74 Å². The molecule has 0 bridgehead atoms. The molecule has 0 amide bonds. The largest absolute Gasteiger partial charge is 0.496 e. The molecule has 0 N–H and O–H groups in total. The summed E-state index contributed by atoms with van der Waals surface area (Å²) in [5.74, 6) is 2.55. The molecule has 2 unspecified atom stereocenters. The van der Waals surface area contributed by atoms with Crippen molar-refractivity contribution in [1.29, 1.82) is 0 Å². The number of benzene rings is 3. The minimum absolute atomic E-state index is 0.153. The number of methoxy groups -OCH3 is 1. The number of imidazole rings is 1. The first kappa shape index (κ1) is 23.0. The van der Waals surface area contributed by atoms with Crippen molar-refractivity contribution in [2.45, 2.75) is 38.3 Å². The fraction of sp³-hybridized carbons (Fsp3) is 0.235. The van der Waals surface area contributed by atoms with Crippen molar-refractivity contribution in [2.24, 2.45) is 7.05 Å². The molecule has 7 rings (SSSR count). The molecule has 4 nitrogen and oxygen atoms in total. The van der Waals surface area contributed by atoms with Gasteiger partial charge in [-0.15, -0.1) is 0 Å². The molecular formula is C34H33N3O+2. The standard InChI is InChI=1S/C34H33N3O/c1-22-16-17-24-18-19-26-25-11-5-6-12-27(25)34-35(3)28-13-7-8-14-29(28)37(34)32(26)23(2)21-36-20-10-9-15-30(36)31(24)33(22)38-4/h5-17,20,26,32H,2,18-19,21H2,1,3-4H3/q+2. The van der Waals surface area contributed by atoms with Gasteiger partial charge in [-0.05, 0) is 60.7 Å². The predicted octanol–water partition coefficient (Wildman–Crippen LogP) is 6.25. The van der Waals surface area contributed by atoms with E-state index in [2.05, 4.69) is 113 Å². The number of ether oxygens (including phenoxy) is 1. The third-order valence-corrected chi connectivity index (χ3v) is 8.67. The van der Waals surface area contributed by atoms with E-state index < -0.39 is 0 Å². The van der Waals surface area contributed by atoms with Crippen molar-refractivity contribution in [3.05, 3.63) is 114 Å². The summed E-state index contributed by atoms with van der Waals surface area (Å²) in [5, 5.41) is 0. The van der Waals surface area contributed by atoms with Gasteiger partial charge in [0.05, 0.1) is 25.3 Å². The average molecular weight is 500 g/mol. The number of hydrogen-bond acceptors (Lipinski definition) is 1. The van der Waals surface area contributed by atoms with Gasteiger partial charge in [-0.3, -0.25) is 0 Å². The van der Waals surface area contributed by atoms with Crippen LogP contribution in [-0.4, -0.2) is 11.7 Å². The summed E-state index contributed by atoms with van der Waals surface area (Å²) in [6, 6.07) is 28.9. The number of aryl methyl sites for hydroxylation is 3. The van der Waals surface area contributed by atoms with Crippen LogP contribution in [0.3, 0.4) is 0 Å². The van der Waals surface area contributed by atoms with E-state index in [9.17, 15) is 0 Å². The van der Waals surface area contributed by atoms with E-state index in [0.29, 0.717) is 5.92 Å². The maximum Gasteiger partial charge on any atom is 0.290 e. The highest BCUT2D eigenvalue weighted by molar-refractivity contribution is 5.78. The SMILES string of the molecule is C=C1C[n+]2ccccc2-c2c(ccc(C)c2OC)CCC2c3ccccc3-c3n(C)c4ccccc4[n+]3C12. The summed E-state index contributed by atoms with van der Waals surface area (Å²) >= 11 is 0. The predicted molar refractivity (Wildman–Crippen MR) is 151 cm³/mol. The highest BCUT2D eigenvalue weighted by Gasteiger charge is 2.44. The van der Waals surface area contributed by atoms with Gasteiger partial charge in [0, 0.05) is 23.6 Å². The van der Waals surface area contributed by atoms with Gasteiger partial charge in [0.2, 0.25) is 5.69 Å². The van der Waals surface area contributed by atoms with E-state index in [1.54, 1.807) is 7.11 Å². The van der Waals surface area contributed by atoms with Crippen molar-refractivity contribution in [3.8, 4) is 28.4 Å². The Morgan fingerprint density at radius 2 is 1.74 bits per heavy atom. The molecule has 2 aromatic heterocycles. The maximum absolute atomic E-state index is 6.01. The molecule has 2 atom stereocenters. The number of hydrogen-bond donors (Lipinski definition) is 0. The van der Waals surface area contributed by atoms with E-state index in [0.717, 1.165) is 30.7 Å². The Morgan fingerprint density at radius 1 is 0.947 bits per heavy atom. The van der Waals surface area contributed by atoms with Crippen LogP contribution < -0.4 is 13.9 Å². The smallest absolute Gasteiger partial charge is 0.290 e. The van der Waals surface area contributed by atoms with Crippen LogP contribution in [0.15, 0.2) is 97.2 Å². The highest BCUT2D eigenvalue weighted by atomic mass is 16.5. The van der Waals surface area contributed by atoms with Gasteiger partial charge in [0.25, 0.3) is 5.82 Å². The normalized spacial score (nSPS) is 18.1. The summed E-state index contributed by atoms with van der Waals surface area (Å²) in [7, 11) is 3.99. The van der Waals surface area contributed by atoms with Gasteiger partial charge in [-0.25, -0.2) is 9.13 Å². The van der Waals surface area contributed by atoms with Gasteiger partial charge in [-0.1, -0.05) is 49.0 Å². The molecular weight excluding hydrogens is 466 g/mol. The molecule has 0 radical (unpaired) electrons. The lowest BCUT2D eigenvalue weighted by atomic mass is 9.77. The fourth-order valence-electron chi connectivity index (χ4n) is 7.03. The Balaban J connectivity index is 1.51. The van der Waals surface area contributed by atoms with Crippen molar-refractivity contribution in [2.75, 3.05) is 7.11 Å². The summed E-state index contributed by atoms with van der Waals surface area (Å²) in [5.41, 5.74) is 11.4. The van der Waals surface area contributed by atoms with Crippen molar-refractivity contribution in [1.82, 2.24) is 4.57 Å². The molecule has 4 heteroatoms. The fourth-order valence-corrected chi connectivity index (χ4v) is 7.03. The monoisotopic (exact) mass is 499 g/mol. The van der Waals surface area contributed by atoms with Gasteiger partial charge in [-0.2, -0.15) is 4.57 Å². The number of allylic oxidation sites excluding steroid dienone is 1. The van der Waals surface area contributed by atoms with Crippen LogP contribution in [-0.2, 0) is 20.0 Å². The van der Waals surface area contributed by atoms with Crippen LogP contribution >= 0.6 is 0 Å². The minimum Gasteiger partial charge on any atom is -0.496 e. The number of nitrogens with zero attached hydrogens (tertiary/aromatic N) is 3. The molecule has 4 heterocycles. The second-order valence-corrected chi connectivity index (χ2v) is 10.7. The number of rotatable bonds is 1. The first-order chi connectivity index (χ1) is 18.6. The van der Waals surface area contributed by atoms with Crippen LogP contribution in [0.4, 0.5) is 0 Å². The Hall–Kier alpha value is -4.18. The second kappa shape index (κ2) is 8.70. The lowest BCUT2D eigenvalue weighted by Gasteiger charge is -2.33. The van der Waals surface area contributed by atoms with E-state index in [1.165, 1.54) is 50.4 Å². The second-order valence-electron chi connectivity index (χ2n) is 10.7. The summed E-state index contributed by atoms with van der Waals surface area (Å²) in [6.07, 6.45) is 4.18. The number of aromatic nitrogens is 3. The molecule has 0 spiro atoms. The average Bonchev–Trinajstić information content (AvgIpc) is 3.24. The van der Waals surface area contributed by atoms with Crippen LogP contribution in [0, 0.1) is 6.92 Å². The van der Waals surface area contributed by atoms with E-state index in [-0.39, 0.29) is 6.04 Å². The third-order valence-electron chi connectivity index (χ3n) is 8.67. The van der Waals surface area contributed by atoms with Crippen LogP contribution in [0.5, 0.6) is 5.75 Å². The molecule has 2 aliphatic rings. The van der Waals surface area contributed by atoms with Crippen LogP contribution in [0.2, 0.25) is 0 Å². The number of para-hydroxylation sites is 2. The Morgan fingerprint density at radius 3 is 2.61 bits per heavy atom. The molecule has 0 saturated carbocycles. The zero-order valence-corrected chi connectivity index (χ0v) is 22.3. The molecule has 188 valence electrons. The molecule has 2 aliphatic heterocycles. The molecule has 3 aromatic carbocycles. The van der Waals surface area contributed by atoms with E-state index >= 15 is 0 Å². The summed E-state index contributed by atoms with van der Waals surface area (Å²) in [4.78, 5) is 0. The van der Waals surface area contributed by atoms with Gasteiger partial charge in [0.15, 0.2) is 23.8 Å². The van der Waals surface area contributed by atoms with E-state index in [4.69, 9.17) is 11.3 Å². The molecule has 38 heavy (non-hydrogen) atoms. The molecule has 5 aromatic rings. The third kappa shape index (κ3) is 3.22. The van der Waals surface area contributed by atoms with Gasteiger partial charge >= 0.3 is 0 Å². The first-order valence-electron chi connectivity index (χ1n) is 13.5. The highest BCUT2D eigenvalue weighted by Crippen LogP contribution is 2.46. The van der Waals surface area contributed by atoms with Crippen molar-refractivity contribution >= 4 is 11.0 Å². The van der Waals surface area contributed by atoms with Gasteiger partial charge in [0.1, 0.15) is 11.8 Å². The molecule has 0 saturated heterocycles. The first-order valence-corrected chi connectivity index (χ1v) is 13.5. The zero-order chi connectivity index (χ0) is 26.0.